The highest BCUT2D eigenvalue weighted by atomic mass is 16.5. The zero-order valence-corrected chi connectivity index (χ0v) is 10.7. The van der Waals surface area contributed by atoms with Crippen LogP contribution in [0.3, 0.4) is 0 Å². The Kier molecular flexibility index (Phi) is 2.78. The minimum absolute atomic E-state index is 0.0429. The topological polar surface area (TPSA) is 64.6 Å². The summed E-state index contributed by atoms with van der Waals surface area (Å²) in [5, 5.41) is 3.14. The first-order valence-corrected chi connectivity index (χ1v) is 6.36. The Morgan fingerprint density at radius 2 is 2.26 bits per heavy atom. The molecule has 0 saturated carbocycles. The van der Waals surface area contributed by atoms with E-state index >= 15 is 0 Å². The summed E-state index contributed by atoms with van der Waals surface area (Å²) < 4.78 is 10.3. The highest BCUT2D eigenvalue weighted by Crippen LogP contribution is 2.38. The summed E-state index contributed by atoms with van der Waals surface area (Å²) in [5.41, 5.74) is 0.730. The Labute approximate surface area is 110 Å². The normalized spacial score (nSPS) is 25.0. The van der Waals surface area contributed by atoms with Crippen LogP contribution in [0.25, 0.3) is 0 Å². The van der Waals surface area contributed by atoms with Crippen LogP contribution >= 0.6 is 0 Å². The third kappa shape index (κ3) is 1.81. The van der Waals surface area contributed by atoms with Crippen molar-refractivity contribution in [3.63, 3.8) is 0 Å². The number of methoxy groups -OCH3 is 1. The molecule has 19 heavy (non-hydrogen) atoms. The van der Waals surface area contributed by atoms with E-state index in [1.807, 2.05) is 0 Å². The zero-order valence-electron chi connectivity index (χ0n) is 10.7. The summed E-state index contributed by atoms with van der Waals surface area (Å²) in [6.07, 6.45) is 2.59. The molecule has 100 valence electrons. The van der Waals surface area contributed by atoms with Crippen LogP contribution < -0.4 is 5.32 Å². The lowest BCUT2D eigenvalue weighted by molar-refractivity contribution is -0.0337. The molecule has 5 nitrogen and oxygen atoms in total. The Morgan fingerprint density at radius 1 is 1.42 bits per heavy atom. The number of benzene rings is 1. The van der Waals surface area contributed by atoms with Crippen LogP contribution in [0.1, 0.15) is 40.0 Å². The first-order chi connectivity index (χ1) is 9.16. The molecular formula is C14H15NO4. The second-order valence-electron chi connectivity index (χ2n) is 4.84. The van der Waals surface area contributed by atoms with E-state index < -0.39 is 11.7 Å². The van der Waals surface area contributed by atoms with Gasteiger partial charge in [-0.2, -0.15) is 0 Å². The molecule has 1 unspecified atom stereocenters. The van der Waals surface area contributed by atoms with Crippen LogP contribution in [-0.4, -0.2) is 31.2 Å². The van der Waals surface area contributed by atoms with Gasteiger partial charge in [0.25, 0.3) is 0 Å². The number of nitrogens with one attached hydrogen (secondary N) is 1. The van der Waals surface area contributed by atoms with Gasteiger partial charge in [-0.15, -0.1) is 0 Å². The Bertz CT molecular complexity index is 546. The number of hydrogen-bond acceptors (Lipinski definition) is 5. The molecule has 1 aromatic carbocycles. The summed E-state index contributed by atoms with van der Waals surface area (Å²) in [4.78, 5) is 23.9. The molecule has 1 atom stereocenters. The summed E-state index contributed by atoms with van der Waals surface area (Å²) in [5.74, 6) is -0.457. The third-order valence-corrected chi connectivity index (χ3v) is 3.66. The van der Waals surface area contributed by atoms with Gasteiger partial charge in [0.2, 0.25) is 11.5 Å². The summed E-state index contributed by atoms with van der Waals surface area (Å²) in [6, 6.07) is 4.90. The number of ether oxygens (including phenoxy) is 2. The van der Waals surface area contributed by atoms with Crippen LogP contribution in [0.5, 0.6) is 0 Å². The van der Waals surface area contributed by atoms with Crippen molar-refractivity contribution >= 4 is 17.4 Å². The molecule has 0 aliphatic carbocycles. The third-order valence-electron chi connectivity index (χ3n) is 3.66. The molecule has 0 aromatic heterocycles. The number of anilines is 1. The molecule has 1 N–H and O–H groups in total. The fourth-order valence-corrected chi connectivity index (χ4v) is 2.65. The molecule has 0 bridgehead atoms. The number of fused-ring (bicyclic) bond motifs is 1. The van der Waals surface area contributed by atoms with E-state index in [4.69, 9.17) is 4.74 Å². The van der Waals surface area contributed by atoms with Crippen molar-refractivity contribution in [2.45, 2.75) is 25.0 Å². The van der Waals surface area contributed by atoms with Crippen molar-refractivity contribution in [1.82, 2.24) is 0 Å². The van der Waals surface area contributed by atoms with Crippen molar-refractivity contribution in [3.8, 4) is 0 Å². The maximum atomic E-state index is 12.4. The van der Waals surface area contributed by atoms with Crippen LogP contribution in [-0.2, 0) is 9.47 Å². The largest absolute Gasteiger partial charge is 0.465 e. The van der Waals surface area contributed by atoms with Crippen LogP contribution in [0.2, 0.25) is 0 Å². The maximum absolute atomic E-state index is 12.4. The molecule has 2 heterocycles. The number of hydrogen-bond donors (Lipinski definition) is 1. The minimum atomic E-state index is -0.921. The van der Waals surface area contributed by atoms with Crippen molar-refractivity contribution in [2.75, 3.05) is 19.0 Å². The number of carbonyl (C=O) groups is 2. The lowest BCUT2D eigenvalue weighted by Gasteiger charge is -2.32. The second-order valence-corrected chi connectivity index (χ2v) is 4.84. The van der Waals surface area contributed by atoms with Gasteiger partial charge in [-0.25, -0.2) is 4.79 Å². The molecule has 0 radical (unpaired) electrons. The Hall–Kier alpha value is -1.88. The Morgan fingerprint density at radius 3 is 2.95 bits per heavy atom. The lowest BCUT2D eigenvalue weighted by Crippen LogP contribution is -2.46. The molecule has 3 rings (SSSR count). The molecule has 1 fully saturated rings. The molecule has 1 saturated heterocycles. The monoisotopic (exact) mass is 261 g/mol. The first-order valence-electron chi connectivity index (χ1n) is 6.36. The first kappa shape index (κ1) is 12.2. The highest BCUT2D eigenvalue weighted by molar-refractivity contribution is 6.13. The van der Waals surface area contributed by atoms with Crippen molar-refractivity contribution in [2.24, 2.45) is 0 Å². The van der Waals surface area contributed by atoms with Gasteiger partial charge in [0.05, 0.1) is 12.7 Å². The van der Waals surface area contributed by atoms with Crippen LogP contribution in [0.4, 0.5) is 5.69 Å². The predicted molar refractivity (Wildman–Crippen MR) is 68.3 cm³/mol. The SMILES string of the molecule is COC(=O)c1ccc2c(c1)NC1(CCCCO1)C2=O. The Balaban J connectivity index is 1.96. The average Bonchev–Trinajstić information content (AvgIpc) is 2.71. The van der Waals surface area contributed by atoms with Gasteiger partial charge >= 0.3 is 5.97 Å². The molecule has 1 aromatic rings. The maximum Gasteiger partial charge on any atom is 0.337 e. The number of ketones is 1. The second kappa shape index (κ2) is 4.35. The number of rotatable bonds is 1. The summed E-state index contributed by atoms with van der Waals surface area (Å²) in [7, 11) is 1.33. The van der Waals surface area contributed by atoms with Crippen LogP contribution in [0, 0.1) is 0 Å². The molecule has 2 aliphatic rings. The van der Waals surface area contributed by atoms with E-state index in [1.165, 1.54) is 7.11 Å². The fourth-order valence-electron chi connectivity index (χ4n) is 2.65. The average molecular weight is 261 g/mol. The highest BCUT2D eigenvalue weighted by Gasteiger charge is 2.47. The number of esters is 1. The smallest absolute Gasteiger partial charge is 0.337 e. The van der Waals surface area contributed by atoms with Gasteiger partial charge in [-0.05, 0) is 31.0 Å². The van der Waals surface area contributed by atoms with Gasteiger partial charge < -0.3 is 14.8 Å². The minimum Gasteiger partial charge on any atom is -0.465 e. The summed E-state index contributed by atoms with van der Waals surface area (Å²) >= 11 is 0. The van der Waals surface area contributed by atoms with E-state index in [2.05, 4.69) is 10.1 Å². The van der Waals surface area contributed by atoms with E-state index in [-0.39, 0.29) is 5.78 Å². The fraction of sp³-hybridized carbons (Fsp3) is 0.429. The van der Waals surface area contributed by atoms with Gasteiger partial charge in [0, 0.05) is 24.3 Å². The molecule has 1 spiro atoms. The number of carbonyl (C=O) groups excluding carboxylic acids is 2. The van der Waals surface area contributed by atoms with Gasteiger partial charge in [0.15, 0.2) is 0 Å². The lowest BCUT2D eigenvalue weighted by atomic mass is 9.97. The van der Waals surface area contributed by atoms with Crippen molar-refractivity contribution in [1.29, 1.82) is 0 Å². The van der Waals surface area contributed by atoms with E-state index in [1.54, 1.807) is 18.2 Å². The van der Waals surface area contributed by atoms with Crippen molar-refractivity contribution < 1.29 is 19.1 Å². The molecule has 0 amide bonds. The standard InChI is InChI=1S/C14H15NO4/c1-18-13(17)9-4-5-10-11(8-9)15-14(12(10)16)6-2-3-7-19-14/h4-5,8,15H,2-3,6-7H2,1H3. The van der Waals surface area contributed by atoms with Crippen molar-refractivity contribution in [3.05, 3.63) is 29.3 Å². The van der Waals surface area contributed by atoms with Gasteiger partial charge in [-0.1, -0.05) is 0 Å². The van der Waals surface area contributed by atoms with E-state index in [9.17, 15) is 9.59 Å². The molecule has 5 heteroatoms. The zero-order chi connectivity index (χ0) is 13.5. The van der Waals surface area contributed by atoms with Gasteiger partial charge in [0.1, 0.15) is 0 Å². The van der Waals surface area contributed by atoms with Gasteiger partial charge in [-0.3, -0.25) is 4.79 Å². The summed E-state index contributed by atoms with van der Waals surface area (Å²) in [6.45, 7) is 0.580. The van der Waals surface area contributed by atoms with E-state index in [0.29, 0.717) is 29.8 Å². The quantitative estimate of drug-likeness (QED) is 0.783. The molecular weight excluding hydrogens is 246 g/mol. The number of Topliss-reactive ketones (excluding diaryl/α,β-unsaturated/α-hetero) is 1. The van der Waals surface area contributed by atoms with Crippen LogP contribution in [0.15, 0.2) is 18.2 Å². The predicted octanol–water partition coefficient (Wildman–Crippen LogP) is 1.98. The molecule has 2 aliphatic heterocycles. The van der Waals surface area contributed by atoms with E-state index in [0.717, 1.165) is 12.8 Å².